The van der Waals surface area contributed by atoms with Gasteiger partial charge in [-0.1, -0.05) is 60.2 Å². The van der Waals surface area contributed by atoms with Crippen LogP contribution in [0.2, 0.25) is 0 Å². The van der Waals surface area contributed by atoms with E-state index in [1.165, 1.54) is 36.0 Å². The molecule has 11 heteroatoms. The predicted octanol–water partition coefficient (Wildman–Crippen LogP) is 6.92. The van der Waals surface area contributed by atoms with E-state index in [0.29, 0.717) is 33.4 Å². The summed E-state index contributed by atoms with van der Waals surface area (Å²) in [4.78, 5) is 25.9. The van der Waals surface area contributed by atoms with Gasteiger partial charge in [0.05, 0.1) is 16.2 Å². The van der Waals surface area contributed by atoms with E-state index < -0.39 is 10.0 Å². The maximum Gasteiger partial charge on any atom is 0.264 e. The quantitative estimate of drug-likeness (QED) is 0.158. The lowest BCUT2D eigenvalue weighted by atomic mass is 9.98. The molecule has 45 heavy (non-hydrogen) atoms. The second-order valence-electron chi connectivity index (χ2n) is 10.3. The number of anilines is 2. The molecule has 0 aliphatic heterocycles. The van der Waals surface area contributed by atoms with Gasteiger partial charge < -0.3 is 5.32 Å². The molecule has 2 heterocycles. The number of thioether (sulfide) groups is 1. The number of nitriles is 1. The van der Waals surface area contributed by atoms with Crippen molar-refractivity contribution in [1.29, 1.82) is 5.26 Å². The lowest BCUT2D eigenvalue weighted by Crippen LogP contribution is -2.16. The molecule has 0 unspecified atom stereocenters. The number of carbonyl (C=O) groups is 1. The smallest absolute Gasteiger partial charge is 0.264 e. The summed E-state index contributed by atoms with van der Waals surface area (Å²) in [7, 11) is -3.92. The Bertz CT molecular complexity index is 1970. The number of nitrogens with one attached hydrogen (secondary N) is 2. The summed E-state index contributed by atoms with van der Waals surface area (Å²) < 4.78 is 28.0. The number of nitrogens with zero attached hydrogens (tertiary/aromatic N) is 4. The van der Waals surface area contributed by atoms with E-state index in [0.717, 1.165) is 27.9 Å². The average Bonchev–Trinajstić information content (AvgIpc) is 3.01. The molecule has 0 saturated carbocycles. The van der Waals surface area contributed by atoms with Crippen LogP contribution in [0.15, 0.2) is 101 Å². The number of benzene rings is 3. The molecule has 5 aromatic rings. The molecule has 1 amide bonds. The van der Waals surface area contributed by atoms with Crippen LogP contribution >= 0.6 is 11.8 Å². The fourth-order valence-electron chi connectivity index (χ4n) is 4.58. The van der Waals surface area contributed by atoms with Gasteiger partial charge in [0.25, 0.3) is 10.0 Å². The molecule has 9 nitrogen and oxygen atoms in total. The van der Waals surface area contributed by atoms with E-state index in [-0.39, 0.29) is 23.2 Å². The third-order valence-corrected chi connectivity index (χ3v) is 9.08. The van der Waals surface area contributed by atoms with Crippen LogP contribution in [0.3, 0.4) is 0 Å². The number of hydrogen-bond donors (Lipinski definition) is 2. The van der Waals surface area contributed by atoms with E-state index >= 15 is 0 Å². The molecule has 0 aliphatic rings. The van der Waals surface area contributed by atoms with Crippen LogP contribution in [-0.4, -0.2) is 35.0 Å². The van der Waals surface area contributed by atoms with Crippen molar-refractivity contribution in [2.24, 2.45) is 0 Å². The second kappa shape index (κ2) is 13.7. The normalized spacial score (nSPS) is 11.1. The maximum atomic E-state index is 12.8. The summed E-state index contributed by atoms with van der Waals surface area (Å²) >= 11 is 1.35. The summed E-state index contributed by atoms with van der Waals surface area (Å²) in [5, 5.41) is 13.5. The lowest BCUT2D eigenvalue weighted by Gasteiger charge is -2.13. The summed E-state index contributed by atoms with van der Waals surface area (Å²) in [6.07, 6.45) is 0.151. The number of pyridine rings is 1. The highest BCUT2D eigenvalue weighted by Gasteiger charge is 2.18. The van der Waals surface area contributed by atoms with Crippen molar-refractivity contribution in [2.45, 2.75) is 37.1 Å². The van der Waals surface area contributed by atoms with Gasteiger partial charge in [-0.2, -0.15) is 5.26 Å². The zero-order valence-corrected chi connectivity index (χ0v) is 26.5. The Hall–Kier alpha value is -5.05. The highest BCUT2D eigenvalue weighted by molar-refractivity contribution is 7.99. The first-order chi connectivity index (χ1) is 21.6. The number of aryl methyl sites for hydroxylation is 3. The second-order valence-corrected chi connectivity index (χ2v) is 13.1. The van der Waals surface area contributed by atoms with Crippen molar-refractivity contribution in [2.75, 3.05) is 15.8 Å². The van der Waals surface area contributed by atoms with Crippen molar-refractivity contribution in [1.82, 2.24) is 15.0 Å². The molecule has 2 N–H and O–H groups in total. The molecule has 0 atom stereocenters. The number of amides is 1. The molecule has 3 aromatic carbocycles. The van der Waals surface area contributed by atoms with Crippen molar-refractivity contribution in [3.63, 3.8) is 0 Å². The first-order valence-corrected chi connectivity index (χ1v) is 16.5. The largest absolute Gasteiger partial charge is 0.326 e. The van der Waals surface area contributed by atoms with Crippen LogP contribution in [0.4, 0.5) is 11.6 Å². The number of sulfonamides is 1. The highest BCUT2D eigenvalue weighted by atomic mass is 32.2. The molecule has 0 bridgehead atoms. The Morgan fingerprint density at radius 2 is 1.51 bits per heavy atom. The molecule has 0 saturated heterocycles. The first kappa shape index (κ1) is 31.4. The fourth-order valence-corrected chi connectivity index (χ4v) is 6.47. The number of carbonyl (C=O) groups excluding carboxylic acids is 1. The van der Waals surface area contributed by atoms with Gasteiger partial charge in [-0.3, -0.25) is 4.79 Å². The molecule has 226 valence electrons. The average molecular weight is 635 g/mol. The van der Waals surface area contributed by atoms with Crippen LogP contribution < -0.4 is 10.0 Å². The van der Waals surface area contributed by atoms with Crippen LogP contribution in [0.1, 0.15) is 28.9 Å². The standard InChI is InChI=1S/C34H30N6O3S2/c1-22-9-11-25(12-10-22)29-20-31(26-7-5-4-6-8-26)39-33(30(29)21-35)44-18-17-32(41)38-27-13-15-28(16-14-27)45(42,43)40-34-36-23(2)19-24(3)37-34/h4-16,19-20H,17-18H2,1-3H3,(H,38,41)(H,36,37,40). The van der Waals surface area contributed by atoms with Gasteiger partial charge in [0, 0.05) is 40.4 Å². The maximum absolute atomic E-state index is 12.8. The van der Waals surface area contributed by atoms with Gasteiger partial charge in [-0.25, -0.2) is 28.1 Å². The minimum Gasteiger partial charge on any atom is -0.326 e. The van der Waals surface area contributed by atoms with Crippen molar-refractivity contribution in [3.8, 4) is 28.5 Å². The van der Waals surface area contributed by atoms with Gasteiger partial charge in [0.2, 0.25) is 11.9 Å². The van der Waals surface area contributed by atoms with Gasteiger partial charge >= 0.3 is 0 Å². The molecule has 5 rings (SSSR count). The Morgan fingerprint density at radius 1 is 0.844 bits per heavy atom. The highest BCUT2D eigenvalue weighted by Crippen LogP contribution is 2.34. The topological polar surface area (TPSA) is 138 Å². The zero-order chi connectivity index (χ0) is 32.0. The van der Waals surface area contributed by atoms with Gasteiger partial charge in [-0.15, -0.1) is 11.8 Å². The van der Waals surface area contributed by atoms with Gasteiger partial charge in [-0.05, 0) is 62.7 Å². The predicted molar refractivity (Wildman–Crippen MR) is 177 cm³/mol. The number of hydrogen-bond acceptors (Lipinski definition) is 8. The van der Waals surface area contributed by atoms with Gasteiger partial charge in [0.15, 0.2) is 0 Å². The van der Waals surface area contributed by atoms with Crippen LogP contribution in [-0.2, 0) is 14.8 Å². The van der Waals surface area contributed by atoms with Crippen LogP contribution in [0.25, 0.3) is 22.4 Å². The van der Waals surface area contributed by atoms with Crippen molar-refractivity contribution < 1.29 is 13.2 Å². The lowest BCUT2D eigenvalue weighted by molar-refractivity contribution is -0.115. The van der Waals surface area contributed by atoms with E-state index in [9.17, 15) is 18.5 Å². The zero-order valence-electron chi connectivity index (χ0n) is 24.9. The molecule has 2 aromatic heterocycles. The first-order valence-electron chi connectivity index (χ1n) is 14.1. The summed E-state index contributed by atoms with van der Waals surface area (Å²) in [6.45, 7) is 5.53. The van der Waals surface area contributed by atoms with E-state index in [1.807, 2.05) is 67.6 Å². The van der Waals surface area contributed by atoms with Crippen LogP contribution in [0, 0.1) is 32.1 Å². The minimum atomic E-state index is -3.92. The molecule has 0 spiro atoms. The Kier molecular flexibility index (Phi) is 9.56. The Labute approximate surface area is 266 Å². The molecule has 0 aliphatic carbocycles. The van der Waals surface area contributed by atoms with Crippen molar-refractivity contribution in [3.05, 3.63) is 114 Å². The molecular weight excluding hydrogens is 605 g/mol. The third kappa shape index (κ3) is 7.92. The van der Waals surface area contributed by atoms with E-state index in [2.05, 4.69) is 26.1 Å². The molecule has 0 radical (unpaired) electrons. The molecular formula is C34H30N6O3S2. The Morgan fingerprint density at radius 3 is 2.16 bits per heavy atom. The fraction of sp³-hybridized carbons (Fsp3) is 0.147. The Balaban J connectivity index is 1.27. The van der Waals surface area contributed by atoms with E-state index in [1.54, 1.807) is 19.9 Å². The summed E-state index contributed by atoms with van der Waals surface area (Å²) in [5.41, 5.74) is 6.69. The van der Waals surface area contributed by atoms with Crippen molar-refractivity contribution >= 4 is 39.3 Å². The number of rotatable bonds is 10. The van der Waals surface area contributed by atoms with Gasteiger partial charge in [0.1, 0.15) is 11.1 Å². The third-order valence-electron chi connectivity index (χ3n) is 6.75. The summed E-state index contributed by atoms with van der Waals surface area (Å²) in [5.74, 6) is 0.124. The molecule has 0 fully saturated rings. The van der Waals surface area contributed by atoms with Crippen LogP contribution in [0.5, 0.6) is 0 Å². The van der Waals surface area contributed by atoms with E-state index in [4.69, 9.17) is 4.98 Å². The monoisotopic (exact) mass is 634 g/mol. The SMILES string of the molecule is Cc1ccc(-c2cc(-c3ccccc3)nc(SCCC(=O)Nc3ccc(S(=O)(=O)Nc4nc(C)cc(C)n4)cc3)c2C#N)cc1. The minimum absolute atomic E-state index is 0.00304. The number of aromatic nitrogens is 3. The summed E-state index contributed by atoms with van der Waals surface area (Å²) in [6, 6.07) is 29.6.